The van der Waals surface area contributed by atoms with Crippen LogP contribution in [0.25, 0.3) is 0 Å². The van der Waals surface area contributed by atoms with Crippen molar-refractivity contribution >= 4 is 17.7 Å². The van der Waals surface area contributed by atoms with E-state index in [1.165, 1.54) is 0 Å². The number of rotatable bonds is 3. The van der Waals surface area contributed by atoms with Gasteiger partial charge in [-0.05, 0) is 24.6 Å². The van der Waals surface area contributed by atoms with E-state index in [1.807, 2.05) is 0 Å². The molecule has 24 heavy (non-hydrogen) atoms. The van der Waals surface area contributed by atoms with Gasteiger partial charge in [-0.25, -0.2) is 4.79 Å². The number of nitrogens with one attached hydrogen (secondary N) is 1. The molecule has 1 saturated heterocycles. The van der Waals surface area contributed by atoms with Crippen LogP contribution in [0, 0.1) is 5.41 Å². The molecule has 1 aromatic rings. The smallest absolute Gasteiger partial charge is 0.325 e. The molecule has 7 heteroatoms. The predicted octanol–water partition coefficient (Wildman–Crippen LogP) is 1.80. The molecule has 0 bridgehead atoms. The van der Waals surface area contributed by atoms with Gasteiger partial charge in [0.2, 0.25) is 6.79 Å². The second-order valence-electron chi connectivity index (χ2n) is 7.19. The third-order valence-electron chi connectivity index (χ3n) is 4.36. The van der Waals surface area contributed by atoms with Crippen LogP contribution in [0.2, 0.25) is 0 Å². The van der Waals surface area contributed by atoms with Crippen LogP contribution < -0.4 is 14.8 Å². The van der Waals surface area contributed by atoms with E-state index in [0.717, 1.165) is 4.90 Å². The highest BCUT2D eigenvalue weighted by molar-refractivity contribution is 6.09. The van der Waals surface area contributed by atoms with Crippen LogP contribution in [0.3, 0.4) is 0 Å². The van der Waals surface area contributed by atoms with Crippen molar-refractivity contribution in [1.82, 2.24) is 10.2 Å². The molecule has 128 valence electrons. The Hall–Kier alpha value is -2.57. The van der Waals surface area contributed by atoms with Crippen molar-refractivity contribution in [3.63, 3.8) is 0 Å². The summed E-state index contributed by atoms with van der Waals surface area (Å²) < 4.78 is 10.6. The number of amides is 3. The average Bonchev–Trinajstić information content (AvgIpc) is 3.04. The number of Topliss-reactive ketones (excluding diaryl/α,β-unsaturated/α-hetero) is 1. The van der Waals surface area contributed by atoms with Gasteiger partial charge >= 0.3 is 6.03 Å². The normalized spacial score (nSPS) is 22.8. The molecule has 0 spiro atoms. The van der Waals surface area contributed by atoms with E-state index < -0.39 is 22.9 Å². The number of benzene rings is 1. The molecule has 7 nitrogen and oxygen atoms in total. The van der Waals surface area contributed by atoms with Crippen LogP contribution in [0.1, 0.15) is 33.3 Å². The number of ketones is 1. The van der Waals surface area contributed by atoms with Crippen molar-refractivity contribution in [2.24, 2.45) is 5.41 Å². The maximum Gasteiger partial charge on any atom is 0.325 e. The standard InChI is InChI=1S/C17H20N2O5/c1-16(2,3)13(20)8-19-14(21)17(4,18-15(19)22)10-5-6-11-12(7-10)24-9-23-11/h5-7H,8-9H2,1-4H3,(H,18,22). The van der Waals surface area contributed by atoms with E-state index in [1.54, 1.807) is 45.9 Å². The summed E-state index contributed by atoms with van der Waals surface area (Å²) in [5.41, 5.74) is -1.29. The van der Waals surface area contributed by atoms with Gasteiger partial charge in [0, 0.05) is 5.41 Å². The number of carbonyl (C=O) groups is 3. The topological polar surface area (TPSA) is 84.9 Å². The molecule has 1 N–H and O–H groups in total. The number of urea groups is 1. The second kappa shape index (κ2) is 5.22. The van der Waals surface area contributed by atoms with Gasteiger partial charge in [-0.1, -0.05) is 26.8 Å². The third-order valence-corrected chi connectivity index (χ3v) is 4.36. The number of hydrogen-bond acceptors (Lipinski definition) is 5. The highest BCUT2D eigenvalue weighted by atomic mass is 16.7. The zero-order chi connectivity index (χ0) is 17.7. The minimum absolute atomic E-state index is 0.127. The number of fused-ring (bicyclic) bond motifs is 1. The molecular formula is C17H20N2O5. The van der Waals surface area contributed by atoms with E-state index >= 15 is 0 Å². The Bertz CT molecular complexity index is 737. The molecule has 2 heterocycles. The summed E-state index contributed by atoms with van der Waals surface area (Å²) in [5.74, 6) is 0.490. The van der Waals surface area contributed by atoms with E-state index in [2.05, 4.69) is 5.32 Å². The minimum atomic E-state index is -1.24. The number of hydrogen-bond donors (Lipinski definition) is 1. The maximum absolute atomic E-state index is 12.8. The summed E-state index contributed by atoms with van der Waals surface area (Å²) in [6.07, 6.45) is 0. The van der Waals surface area contributed by atoms with Gasteiger partial charge in [-0.15, -0.1) is 0 Å². The first kappa shape index (κ1) is 16.3. The molecule has 1 atom stereocenters. The Kier molecular flexibility index (Phi) is 3.55. The van der Waals surface area contributed by atoms with Crippen LogP contribution in [0.4, 0.5) is 4.79 Å². The first-order chi connectivity index (χ1) is 11.1. The molecule has 3 rings (SSSR count). The van der Waals surface area contributed by atoms with Gasteiger partial charge in [0.25, 0.3) is 5.91 Å². The molecule has 0 aromatic heterocycles. The quantitative estimate of drug-likeness (QED) is 0.853. The van der Waals surface area contributed by atoms with Gasteiger partial charge in [0.1, 0.15) is 5.54 Å². The molecule has 3 amide bonds. The lowest BCUT2D eigenvalue weighted by atomic mass is 9.89. The number of ether oxygens (including phenoxy) is 2. The van der Waals surface area contributed by atoms with Gasteiger partial charge in [0.05, 0.1) is 6.54 Å². The van der Waals surface area contributed by atoms with Gasteiger partial charge < -0.3 is 14.8 Å². The lowest BCUT2D eigenvalue weighted by molar-refractivity contribution is -0.136. The van der Waals surface area contributed by atoms with Gasteiger partial charge in [-0.3, -0.25) is 14.5 Å². The zero-order valence-corrected chi connectivity index (χ0v) is 14.1. The maximum atomic E-state index is 12.8. The number of nitrogens with zero attached hydrogens (tertiary/aromatic N) is 1. The summed E-state index contributed by atoms with van der Waals surface area (Å²) in [7, 11) is 0. The second-order valence-corrected chi connectivity index (χ2v) is 7.19. The molecular weight excluding hydrogens is 312 g/mol. The first-order valence-corrected chi connectivity index (χ1v) is 7.70. The summed E-state index contributed by atoms with van der Waals surface area (Å²) in [4.78, 5) is 38.2. The molecule has 1 fully saturated rings. The Morgan fingerprint density at radius 3 is 2.58 bits per heavy atom. The van der Waals surface area contributed by atoms with E-state index in [9.17, 15) is 14.4 Å². The fraction of sp³-hybridized carbons (Fsp3) is 0.471. The van der Waals surface area contributed by atoms with Crippen LogP contribution in [0.5, 0.6) is 11.5 Å². The molecule has 2 aliphatic rings. The largest absolute Gasteiger partial charge is 0.454 e. The highest BCUT2D eigenvalue weighted by Crippen LogP contribution is 2.37. The predicted molar refractivity (Wildman–Crippen MR) is 84.6 cm³/mol. The van der Waals surface area contributed by atoms with E-state index in [0.29, 0.717) is 17.1 Å². The van der Waals surface area contributed by atoms with Crippen LogP contribution in [0.15, 0.2) is 18.2 Å². The van der Waals surface area contributed by atoms with Gasteiger partial charge in [-0.2, -0.15) is 0 Å². The molecule has 1 unspecified atom stereocenters. The molecule has 0 saturated carbocycles. The molecule has 0 aliphatic carbocycles. The van der Waals surface area contributed by atoms with Crippen molar-refractivity contribution in [2.75, 3.05) is 13.3 Å². The van der Waals surface area contributed by atoms with Gasteiger partial charge in [0.15, 0.2) is 17.3 Å². The molecule has 1 aromatic carbocycles. The average molecular weight is 332 g/mol. The van der Waals surface area contributed by atoms with Crippen molar-refractivity contribution in [3.8, 4) is 11.5 Å². The van der Waals surface area contributed by atoms with Crippen molar-refractivity contribution < 1.29 is 23.9 Å². The Balaban J connectivity index is 1.88. The fourth-order valence-electron chi connectivity index (χ4n) is 2.62. The lowest BCUT2D eigenvalue weighted by Gasteiger charge is -2.23. The molecule has 2 aliphatic heterocycles. The van der Waals surface area contributed by atoms with Crippen molar-refractivity contribution in [2.45, 2.75) is 33.2 Å². The number of imide groups is 1. The lowest BCUT2D eigenvalue weighted by Crippen LogP contribution is -2.42. The summed E-state index contributed by atoms with van der Waals surface area (Å²) in [6, 6.07) is 4.51. The monoisotopic (exact) mass is 332 g/mol. The Morgan fingerprint density at radius 2 is 1.92 bits per heavy atom. The van der Waals surface area contributed by atoms with Crippen LogP contribution in [-0.2, 0) is 15.1 Å². The third kappa shape index (κ3) is 2.50. The first-order valence-electron chi connectivity index (χ1n) is 7.70. The Morgan fingerprint density at radius 1 is 1.25 bits per heavy atom. The zero-order valence-electron chi connectivity index (χ0n) is 14.1. The molecule has 0 radical (unpaired) electrons. The summed E-state index contributed by atoms with van der Waals surface area (Å²) >= 11 is 0. The van der Waals surface area contributed by atoms with Crippen LogP contribution in [-0.4, -0.2) is 36.0 Å². The van der Waals surface area contributed by atoms with Crippen molar-refractivity contribution in [1.29, 1.82) is 0 Å². The SMILES string of the molecule is CC(C)(C)C(=O)CN1C(=O)NC(C)(c2ccc3c(c2)OCO3)C1=O. The van der Waals surface area contributed by atoms with E-state index in [4.69, 9.17) is 9.47 Å². The van der Waals surface area contributed by atoms with Crippen LogP contribution >= 0.6 is 0 Å². The minimum Gasteiger partial charge on any atom is -0.454 e. The number of carbonyl (C=O) groups excluding carboxylic acids is 3. The summed E-state index contributed by atoms with van der Waals surface area (Å²) in [5, 5.41) is 2.68. The Labute approximate surface area is 139 Å². The summed E-state index contributed by atoms with van der Waals surface area (Å²) in [6.45, 7) is 6.77. The van der Waals surface area contributed by atoms with E-state index in [-0.39, 0.29) is 19.1 Å². The van der Waals surface area contributed by atoms with Crippen molar-refractivity contribution in [3.05, 3.63) is 23.8 Å². The highest BCUT2D eigenvalue weighted by Gasteiger charge is 2.50. The fourth-order valence-corrected chi connectivity index (χ4v) is 2.62.